The van der Waals surface area contributed by atoms with E-state index in [0.717, 1.165) is 21.2 Å². The molecule has 2 aromatic heterocycles. The number of hydrogen-bond acceptors (Lipinski definition) is 9. The summed E-state index contributed by atoms with van der Waals surface area (Å²) in [4.78, 5) is 57.8. The van der Waals surface area contributed by atoms with E-state index in [9.17, 15) is 24.4 Å². The Bertz CT molecular complexity index is 2360. The molecule has 1 aliphatic rings. The Balaban J connectivity index is 1.35. The van der Waals surface area contributed by atoms with Crippen LogP contribution in [0.1, 0.15) is 22.3 Å². The molecule has 5 aromatic rings. The molecule has 1 saturated heterocycles. The molecular weight excluding hydrogens is 679 g/mol. The van der Waals surface area contributed by atoms with Crippen LogP contribution in [0.3, 0.4) is 0 Å². The number of rotatable bonds is 8. The third kappa shape index (κ3) is 5.97. The number of nitrogens with zero attached hydrogens (tertiary/aromatic N) is 6. The van der Waals surface area contributed by atoms with Gasteiger partial charge in [-0.1, -0.05) is 53.5 Å². The van der Waals surface area contributed by atoms with Crippen LogP contribution in [0.5, 0.6) is 17.5 Å². The average Bonchev–Trinajstić information content (AvgIpc) is 3.56. The van der Waals surface area contributed by atoms with E-state index in [4.69, 9.17) is 32.7 Å². The lowest BCUT2D eigenvalue weighted by molar-refractivity contribution is -0.123. The summed E-state index contributed by atoms with van der Waals surface area (Å²) in [6.45, 7) is 0.0310. The van der Waals surface area contributed by atoms with Gasteiger partial charge in [0.05, 0.1) is 36.7 Å². The van der Waals surface area contributed by atoms with E-state index in [0.29, 0.717) is 32.3 Å². The number of imide groups is 1. The molecule has 2 amide bonds. The van der Waals surface area contributed by atoms with Crippen molar-refractivity contribution in [1.82, 2.24) is 23.6 Å². The maximum Gasteiger partial charge on any atom is 0.332 e. The standard InChI is InChI=1S/C33H24Cl2N6O6S/c1-38-28-27(30(43)39(2)32(38)44)40(17-21-9-10-22(34)14-23(21)35)31(37-28)47-24-11-8-18(12-25(24)46-3)13-26-29(42)41(33(45)48-26)16-20-7-5-4-6-19(20)15-36/h4-14H,16-17H2,1-3H3. The number of nitriles is 1. The minimum Gasteiger partial charge on any atom is -0.493 e. The van der Waals surface area contributed by atoms with Gasteiger partial charge >= 0.3 is 11.7 Å². The third-order valence-electron chi connectivity index (χ3n) is 7.68. The molecule has 0 bridgehead atoms. The second-order valence-electron chi connectivity index (χ2n) is 10.6. The number of fused-ring (bicyclic) bond motifs is 1. The first kappa shape index (κ1) is 32.6. The molecule has 0 aliphatic carbocycles. The molecule has 6 rings (SSSR count). The Morgan fingerprint density at radius 1 is 0.938 bits per heavy atom. The number of aryl methyl sites for hydroxylation is 1. The Morgan fingerprint density at radius 2 is 1.71 bits per heavy atom. The predicted molar refractivity (Wildman–Crippen MR) is 182 cm³/mol. The fourth-order valence-electron chi connectivity index (χ4n) is 5.15. The number of aromatic nitrogens is 4. The van der Waals surface area contributed by atoms with Crippen molar-refractivity contribution in [1.29, 1.82) is 5.26 Å². The van der Waals surface area contributed by atoms with Crippen molar-refractivity contribution in [2.45, 2.75) is 13.1 Å². The zero-order valence-electron chi connectivity index (χ0n) is 25.6. The number of benzene rings is 3. The van der Waals surface area contributed by atoms with Crippen LogP contribution in [0.2, 0.25) is 10.0 Å². The Labute approximate surface area is 286 Å². The number of imidazole rings is 1. The van der Waals surface area contributed by atoms with Gasteiger partial charge in [0.2, 0.25) is 0 Å². The van der Waals surface area contributed by atoms with Crippen LogP contribution in [0.4, 0.5) is 4.79 Å². The zero-order valence-corrected chi connectivity index (χ0v) is 27.9. The highest BCUT2D eigenvalue weighted by atomic mass is 35.5. The number of methoxy groups -OCH3 is 1. The monoisotopic (exact) mass is 702 g/mol. The first-order valence-electron chi connectivity index (χ1n) is 14.2. The molecule has 1 fully saturated rings. The lowest BCUT2D eigenvalue weighted by Crippen LogP contribution is -2.37. The molecule has 48 heavy (non-hydrogen) atoms. The maximum absolute atomic E-state index is 13.3. The fourth-order valence-corrected chi connectivity index (χ4v) is 6.46. The van der Waals surface area contributed by atoms with Crippen LogP contribution in [0, 0.1) is 11.3 Å². The summed E-state index contributed by atoms with van der Waals surface area (Å²) in [6.07, 6.45) is 1.56. The Kier molecular flexibility index (Phi) is 8.89. The highest BCUT2D eigenvalue weighted by molar-refractivity contribution is 8.18. The van der Waals surface area contributed by atoms with Crippen LogP contribution in [-0.2, 0) is 32.0 Å². The van der Waals surface area contributed by atoms with Crippen molar-refractivity contribution >= 4 is 63.4 Å². The SMILES string of the molecule is COc1cc(C=C2SC(=O)N(Cc3ccccc3C#N)C2=O)ccc1Oc1nc2c(c(=O)n(C)c(=O)n2C)n1Cc1ccc(Cl)cc1Cl. The summed E-state index contributed by atoms with van der Waals surface area (Å²) in [5.41, 5.74) is 1.19. The minimum absolute atomic E-state index is 0.0147. The van der Waals surface area contributed by atoms with Gasteiger partial charge in [0.15, 0.2) is 22.7 Å². The van der Waals surface area contributed by atoms with Gasteiger partial charge in [-0.05, 0) is 64.9 Å². The molecule has 0 saturated carbocycles. The lowest BCUT2D eigenvalue weighted by Gasteiger charge is -2.14. The number of thioether (sulfide) groups is 1. The van der Waals surface area contributed by atoms with Crippen molar-refractivity contribution in [2.75, 3.05) is 7.11 Å². The molecular formula is C33H24Cl2N6O6S. The normalized spacial score (nSPS) is 13.8. The molecule has 0 atom stereocenters. The van der Waals surface area contributed by atoms with E-state index in [1.54, 1.807) is 66.7 Å². The number of amides is 2. The second kappa shape index (κ2) is 13.1. The van der Waals surface area contributed by atoms with Crippen LogP contribution in [-0.4, -0.2) is 41.8 Å². The van der Waals surface area contributed by atoms with E-state index < -0.39 is 22.4 Å². The van der Waals surface area contributed by atoms with Gasteiger partial charge < -0.3 is 9.47 Å². The van der Waals surface area contributed by atoms with Gasteiger partial charge in [-0.15, -0.1) is 0 Å². The average molecular weight is 704 g/mol. The van der Waals surface area contributed by atoms with Crippen LogP contribution < -0.4 is 20.7 Å². The topological polar surface area (TPSA) is 141 Å². The second-order valence-corrected chi connectivity index (χ2v) is 12.5. The molecule has 1 aliphatic heterocycles. The van der Waals surface area contributed by atoms with E-state index >= 15 is 0 Å². The number of carbonyl (C=O) groups excluding carboxylic acids is 2. The summed E-state index contributed by atoms with van der Waals surface area (Å²) >= 11 is 13.4. The number of hydrogen-bond donors (Lipinski definition) is 0. The summed E-state index contributed by atoms with van der Waals surface area (Å²) in [5, 5.41) is 9.74. The zero-order chi connectivity index (χ0) is 34.3. The van der Waals surface area contributed by atoms with Gasteiger partial charge in [0, 0.05) is 24.1 Å². The lowest BCUT2D eigenvalue weighted by atomic mass is 10.1. The minimum atomic E-state index is -0.576. The quantitative estimate of drug-likeness (QED) is 0.186. The van der Waals surface area contributed by atoms with Crippen LogP contribution in [0.25, 0.3) is 17.2 Å². The molecule has 0 unspecified atom stereocenters. The summed E-state index contributed by atoms with van der Waals surface area (Å²) in [5.74, 6) is -0.00824. The molecule has 3 aromatic carbocycles. The van der Waals surface area contributed by atoms with Crippen LogP contribution in [0.15, 0.2) is 75.2 Å². The number of carbonyl (C=O) groups is 2. The summed E-state index contributed by atoms with van der Waals surface area (Å²) in [7, 11) is 4.31. The van der Waals surface area contributed by atoms with Crippen molar-refractivity contribution in [3.63, 3.8) is 0 Å². The van der Waals surface area contributed by atoms with Crippen molar-refractivity contribution < 1.29 is 19.1 Å². The smallest absolute Gasteiger partial charge is 0.332 e. The van der Waals surface area contributed by atoms with E-state index in [1.165, 1.54) is 30.3 Å². The summed E-state index contributed by atoms with van der Waals surface area (Å²) < 4.78 is 15.6. The largest absolute Gasteiger partial charge is 0.493 e. The Hall–Kier alpha value is -5.29. The molecule has 3 heterocycles. The van der Waals surface area contributed by atoms with Gasteiger partial charge in [-0.25, -0.2) is 4.79 Å². The Morgan fingerprint density at radius 3 is 2.44 bits per heavy atom. The van der Waals surface area contributed by atoms with Gasteiger partial charge in [-0.3, -0.25) is 33.0 Å². The molecule has 0 radical (unpaired) electrons. The van der Waals surface area contributed by atoms with Gasteiger partial charge in [0.25, 0.3) is 16.7 Å². The number of ether oxygens (including phenoxy) is 2. The highest BCUT2D eigenvalue weighted by Crippen LogP contribution is 2.37. The number of halogens is 2. The fraction of sp³-hybridized carbons (Fsp3) is 0.152. The molecule has 15 heteroatoms. The molecule has 0 spiro atoms. The van der Waals surface area contributed by atoms with E-state index in [1.807, 2.05) is 0 Å². The maximum atomic E-state index is 13.3. The van der Waals surface area contributed by atoms with Gasteiger partial charge in [-0.2, -0.15) is 10.2 Å². The summed E-state index contributed by atoms with van der Waals surface area (Å²) in [6, 6.07) is 18.7. The molecule has 0 N–H and O–H groups in total. The van der Waals surface area contributed by atoms with E-state index in [-0.39, 0.29) is 46.7 Å². The highest BCUT2D eigenvalue weighted by Gasteiger charge is 2.35. The van der Waals surface area contributed by atoms with Crippen molar-refractivity contribution in [3.8, 4) is 23.6 Å². The van der Waals surface area contributed by atoms with E-state index in [2.05, 4.69) is 11.1 Å². The molecule has 242 valence electrons. The third-order valence-corrected chi connectivity index (χ3v) is 9.18. The first-order valence-corrected chi connectivity index (χ1v) is 15.8. The van der Waals surface area contributed by atoms with Crippen LogP contribution >= 0.6 is 35.0 Å². The van der Waals surface area contributed by atoms with Crippen molar-refractivity contribution in [3.05, 3.63) is 119 Å². The van der Waals surface area contributed by atoms with Gasteiger partial charge in [0.1, 0.15) is 0 Å². The molecule has 12 nitrogen and oxygen atoms in total. The van der Waals surface area contributed by atoms with Crippen molar-refractivity contribution in [2.24, 2.45) is 14.1 Å². The predicted octanol–water partition coefficient (Wildman–Crippen LogP) is 5.70. The first-order chi connectivity index (χ1) is 23.0.